The number of carbonyl (C=O) groups is 2. The van der Waals surface area contributed by atoms with Gasteiger partial charge in [-0.05, 0) is 23.1 Å². The van der Waals surface area contributed by atoms with E-state index in [0.29, 0.717) is 16.6 Å². The normalized spacial score (nSPS) is 11.3. The average molecular weight is 414 g/mol. The highest BCUT2D eigenvalue weighted by Gasteiger charge is 2.15. The predicted octanol–water partition coefficient (Wildman–Crippen LogP) is 5.06. The Bertz CT molecular complexity index is 982. The summed E-state index contributed by atoms with van der Waals surface area (Å²) in [6.45, 7) is 8.46. The highest BCUT2D eigenvalue weighted by Crippen LogP contribution is 2.29. The van der Waals surface area contributed by atoms with E-state index in [1.54, 1.807) is 6.07 Å². The average Bonchev–Trinajstić information content (AvgIpc) is 3.29. The van der Waals surface area contributed by atoms with Crippen LogP contribution in [0.1, 0.15) is 47.8 Å². The van der Waals surface area contributed by atoms with Crippen molar-refractivity contribution in [1.82, 2.24) is 10.3 Å². The molecule has 0 unspecified atom stereocenters. The minimum Gasteiger partial charge on any atom is -0.351 e. The van der Waals surface area contributed by atoms with Crippen LogP contribution in [-0.2, 0) is 16.8 Å². The fraction of sp³-hybridized carbons (Fsp3) is 0.286. The number of benzene rings is 1. The van der Waals surface area contributed by atoms with Gasteiger partial charge in [0.25, 0.3) is 5.91 Å². The molecule has 2 heterocycles. The van der Waals surface area contributed by atoms with Gasteiger partial charge in [0.15, 0.2) is 5.13 Å². The van der Waals surface area contributed by atoms with Crippen LogP contribution in [0.3, 0.4) is 0 Å². The fourth-order valence-electron chi connectivity index (χ4n) is 2.57. The van der Waals surface area contributed by atoms with Gasteiger partial charge >= 0.3 is 0 Å². The molecule has 28 heavy (non-hydrogen) atoms. The van der Waals surface area contributed by atoms with E-state index in [1.807, 2.05) is 11.4 Å². The Morgan fingerprint density at radius 2 is 1.79 bits per heavy atom. The van der Waals surface area contributed by atoms with Gasteiger partial charge < -0.3 is 5.32 Å². The molecule has 0 fully saturated rings. The third kappa shape index (κ3) is 5.05. The Morgan fingerprint density at radius 3 is 2.43 bits per heavy atom. The second kappa shape index (κ2) is 8.24. The van der Waals surface area contributed by atoms with Crippen LogP contribution in [0, 0.1) is 0 Å². The van der Waals surface area contributed by atoms with Crippen LogP contribution in [0.5, 0.6) is 0 Å². The zero-order valence-electron chi connectivity index (χ0n) is 16.3. The van der Waals surface area contributed by atoms with Crippen LogP contribution in [0.2, 0.25) is 0 Å². The van der Waals surface area contributed by atoms with Crippen LogP contribution in [0.4, 0.5) is 5.13 Å². The molecule has 2 amide bonds. The fourth-order valence-corrected chi connectivity index (χ4v) is 4.13. The molecule has 0 saturated carbocycles. The largest absolute Gasteiger partial charge is 0.351 e. The van der Waals surface area contributed by atoms with Gasteiger partial charge in [-0.2, -0.15) is 0 Å². The lowest BCUT2D eigenvalue weighted by Crippen LogP contribution is -2.18. The van der Waals surface area contributed by atoms with Gasteiger partial charge in [-0.3, -0.25) is 14.9 Å². The number of aromatic nitrogens is 1. The lowest BCUT2D eigenvalue weighted by molar-refractivity contribution is -0.119. The molecule has 0 spiro atoms. The van der Waals surface area contributed by atoms with E-state index in [4.69, 9.17) is 0 Å². The third-order valence-corrected chi connectivity index (χ3v) is 6.01. The molecule has 0 atom stereocenters. The Morgan fingerprint density at radius 1 is 1.07 bits per heavy atom. The van der Waals surface area contributed by atoms with Crippen molar-refractivity contribution >= 4 is 39.6 Å². The number of hydrogen-bond acceptors (Lipinski definition) is 5. The van der Waals surface area contributed by atoms with E-state index in [1.165, 1.54) is 35.2 Å². The highest BCUT2D eigenvalue weighted by molar-refractivity contribution is 7.15. The topological polar surface area (TPSA) is 71.1 Å². The van der Waals surface area contributed by atoms with Gasteiger partial charge in [0.05, 0.1) is 17.1 Å². The molecular formula is C21H23N3O2S2. The molecule has 0 aliphatic carbocycles. The van der Waals surface area contributed by atoms with E-state index in [-0.39, 0.29) is 17.2 Å². The molecule has 5 nitrogen and oxygen atoms in total. The molecule has 2 N–H and O–H groups in total. The summed E-state index contributed by atoms with van der Waals surface area (Å²) < 4.78 is 0. The summed E-state index contributed by atoms with van der Waals surface area (Å²) in [7, 11) is 0. The van der Waals surface area contributed by atoms with Crippen molar-refractivity contribution in [2.24, 2.45) is 0 Å². The molecule has 0 saturated heterocycles. The Kier molecular flexibility index (Phi) is 5.96. The summed E-state index contributed by atoms with van der Waals surface area (Å²) in [5.41, 5.74) is 3.25. The van der Waals surface area contributed by atoms with E-state index in [9.17, 15) is 9.59 Å². The molecular weight excluding hydrogens is 390 g/mol. The SMILES string of the molecule is CC(=O)NCc1ccc(C(=O)Nc2nc(-c3ccc(C(C)(C)C)cc3)cs2)s1. The Balaban J connectivity index is 1.66. The van der Waals surface area contributed by atoms with E-state index < -0.39 is 0 Å². The van der Waals surface area contributed by atoms with Crippen LogP contribution >= 0.6 is 22.7 Å². The minimum absolute atomic E-state index is 0.0924. The Labute approximate surface area is 172 Å². The first kappa shape index (κ1) is 20.2. The van der Waals surface area contributed by atoms with Crippen molar-refractivity contribution in [1.29, 1.82) is 0 Å². The van der Waals surface area contributed by atoms with Crippen molar-refractivity contribution in [2.45, 2.75) is 39.7 Å². The standard InChI is InChI=1S/C21H23N3O2S2/c1-13(25)22-11-16-9-10-18(28-16)19(26)24-20-23-17(12-27-20)14-5-7-15(8-6-14)21(2,3)4/h5-10,12H,11H2,1-4H3,(H,22,25)(H,23,24,26). The molecule has 3 aromatic rings. The van der Waals surface area contributed by atoms with Gasteiger partial charge in [0.2, 0.25) is 5.91 Å². The first-order valence-corrected chi connectivity index (χ1v) is 10.6. The number of hydrogen-bond donors (Lipinski definition) is 2. The van der Waals surface area contributed by atoms with Gasteiger partial charge in [-0.1, -0.05) is 45.0 Å². The molecule has 1 aromatic carbocycles. The maximum atomic E-state index is 12.4. The van der Waals surface area contributed by atoms with E-state index in [0.717, 1.165) is 16.1 Å². The molecule has 7 heteroatoms. The summed E-state index contributed by atoms with van der Waals surface area (Å²) in [6.07, 6.45) is 0. The molecule has 3 rings (SSSR count). The zero-order chi connectivity index (χ0) is 20.3. The van der Waals surface area contributed by atoms with Crippen LogP contribution in [0.15, 0.2) is 41.8 Å². The lowest BCUT2D eigenvalue weighted by atomic mass is 9.86. The lowest BCUT2D eigenvalue weighted by Gasteiger charge is -2.18. The summed E-state index contributed by atoms with van der Waals surface area (Å²) in [6, 6.07) is 12.0. The van der Waals surface area contributed by atoms with Crippen LogP contribution in [0.25, 0.3) is 11.3 Å². The van der Waals surface area contributed by atoms with Crippen molar-refractivity contribution in [3.05, 3.63) is 57.1 Å². The number of amides is 2. The van der Waals surface area contributed by atoms with Crippen molar-refractivity contribution in [3.63, 3.8) is 0 Å². The van der Waals surface area contributed by atoms with Crippen LogP contribution < -0.4 is 10.6 Å². The van der Waals surface area contributed by atoms with Gasteiger partial charge in [-0.25, -0.2) is 4.98 Å². The molecule has 0 aliphatic heterocycles. The number of thiazole rings is 1. The molecule has 2 aromatic heterocycles. The quantitative estimate of drug-likeness (QED) is 0.614. The maximum absolute atomic E-state index is 12.4. The van der Waals surface area contributed by atoms with Gasteiger partial charge in [0, 0.05) is 22.7 Å². The second-order valence-electron chi connectivity index (χ2n) is 7.50. The van der Waals surface area contributed by atoms with Gasteiger partial charge in [-0.15, -0.1) is 22.7 Å². The first-order valence-electron chi connectivity index (χ1n) is 8.93. The summed E-state index contributed by atoms with van der Waals surface area (Å²) in [4.78, 5) is 29.5. The maximum Gasteiger partial charge on any atom is 0.267 e. The number of anilines is 1. The molecule has 0 radical (unpaired) electrons. The molecule has 0 aliphatic rings. The highest BCUT2D eigenvalue weighted by atomic mass is 32.1. The van der Waals surface area contributed by atoms with Crippen LogP contribution in [-0.4, -0.2) is 16.8 Å². The summed E-state index contributed by atoms with van der Waals surface area (Å²) in [5.74, 6) is -0.284. The van der Waals surface area contributed by atoms with Crippen molar-refractivity contribution in [3.8, 4) is 11.3 Å². The second-order valence-corrected chi connectivity index (χ2v) is 9.52. The number of rotatable bonds is 5. The number of carbonyl (C=O) groups excluding carboxylic acids is 2. The van der Waals surface area contributed by atoms with E-state index >= 15 is 0 Å². The van der Waals surface area contributed by atoms with Crippen molar-refractivity contribution in [2.75, 3.05) is 5.32 Å². The van der Waals surface area contributed by atoms with Gasteiger partial charge in [0.1, 0.15) is 0 Å². The first-order chi connectivity index (χ1) is 13.2. The monoisotopic (exact) mass is 413 g/mol. The summed E-state index contributed by atoms with van der Waals surface area (Å²) in [5, 5.41) is 8.09. The van der Waals surface area contributed by atoms with Crippen molar-refractivity contribution < 1.29 is 9.59 Å². The summed E-state index contributed by atoms with van der Waals surface area (Å²) >= 11 is 2.76. The number of nitrogens with one attached hydrogen (secondary N) is 2. The van der Waals surface area contributed by atoms with E-state index in [2.05, 4.69) is 60.7 Å². The number of nitrogens with zero attached hydrogens (tertiary/aromatic N) is 1. The molecule has 146 valence electrons. The molecule has 0 bridgehead atoms. The minimum atomic E-state index is -0.192. The zero-order valence-corrected chi connectivity index (χ0v) is 18.0. The predicted molar refractivity (Wildman–Crippen MR) is 116 cm³/mol. The third-order valence-electron chi connectivity index (χ3n) is 4.17. The smallest absolute Gasteiger partial charge is 0.267 e. The number of thiophene rings is 1. The Hall–Kier alpha value is -2.51.